The first-order valence-corrected chi connectivity index (χ1v) is 8.67. The monoisotopic (exact) mass is 346 g/mol. The van der Waals surface area contributed by atoms with Gasteiger partial charge in [0.1, 0.15) is 5.60 Å². The smallest absolute Gasteiger partial charge is 0.415 e. The molecule has 1 unspecified atom stereocenters. The number of imide groups is 1. The highest BCUT2D eigenvalue weighted by atomic mass is 16.6. The van der Waals surface area contributed by atoms with Gasteiger partial charge in [-0.25, -0.2) is 14.9 Å². The van der Waals surface area contributed by atoms with Gasteiger partial charge in [0.15, 0.2) is 0 Å². The van der Waals surface area contributed by atoms with Crippen molar-refractivity contribution in [3.05, 3.63) is 47.6 Å². The Kier molecular flexibility index (Phi) is 8.19. The molecule has 1 aliphatic rings. The molecule has 0 saturated heterocycles. The average Bonchev–Trinajstić information content (AvgIpc) is 2.66. The predicted octanol–water partition coefficient (Wildman–Crippen LogP) is 4.64. The number of carbonyl (C=O) groups is 2. The molecule has 138 valence electrons. The van der Waals surface area contributed by atoms with Crippen molar-refractivity contribution in [3.63, 3.8) is 0 Å². The Morgan fingerprint density at radius 3 is 2.68 bits per heavy atom. The number of nitrogens with one attached hydrogen (secondary N) is 2. The Bertz CT molecular complexity index is 593. The van der Waals surface area contributed by atoms with E-state index in [1.54, 1.807) is 20.8 Å². The Balaban J connectivity index is 2.61. The van der Waals surface area contributed by atoms with Crippen molar-refractivity contribution in [1.82, 2.24) is 10.6 Å². The molecular weight excluding hydrogens is 316 g/mol. The molecule has 0 radical (unpaired) electrons. The maximum Gasteiger partial charge on any atom is 0.415 e. The molecule has 0 aliphatic heterocycles. The van der Waals surface area contributed by atoms with Gasteiger partial charge >= 0.3 is 12.1 Å². The fourth-order valence-corrected chi connectivity index (χ4v) is 2.46. The summed E-state index contributed by atoms with van der Waals surface area (Å²) >= 11 is 0. The number of carbonyl (C=O) groups excluding carboxylic acids is 2. The standard InChI is InChI=1S/C20H30N2O3/c1-6-7-8-11-16-12-9-10-13-17(15(16)2)14-21-18(23)22-19(24)25-20(3,4)5/h6-9,11-12,17H,10,13-14H2,1-5H3,(H2,21,22,23,24)/b7-6?,11-8-. The molecular formula is C20H30N2O3. The van der Waals surface area contributed by atoms with Gasteiger partial charge in [-0.2, -0.15) is 0 Å². The molecule has 5 heteroatoms. The van der Waals surface area contributed by atoms with Gasteiger partial charge in [0.05, 0.1) is 0 Å². The molecule has 2 N–H and O–H groups in total. The minimum Gasteiger partial charge on any atom is -0.443 e. The van der Waals surface area contributed by atoms with E-state index in [2.05, 4.69) is 35.8 Å². The van der Waals surface area contributed by atoms with Crippen LogP contribution in [0.25, 0.3) is 0 Å². The van der Waals surface area contributed by atoms with Gasteiger partial charge in [-0.05, 0) is 59.0 Å². The van der Waals surface area contributed by atoms with Crippen LogP contribution in [0.15, 0.2) is 47.6 Å². The topological polar surface area (TPSA) is 67.4 Å². The highest BCUT2D eigenvalue weighted by Crippen LogP contribution is 2.25. The van der Waals surface area contributed by atoms with Crippen LogP contribution in [0.4, 0.5) is 9.59 Å². The fourth-order valence-electron chi connectivity index (χ4n) is 2.46. The van der Waals surface area contributed by atoms with Crippen LogP contribution in [-0.2, 0) is 4.74 Å². The van der Waals surface area contributed by atoms with Crippen molar-refractivity contribution in [2.24, 2.45) is 5.92 Å². The van der Waals surface area contributed by atoms with Crippen molar-refractivity contribution >= 4 is 12.1 Å². The maximum atomic E-state index is 11.9. The van der Waals surface area contributed by atoms with Crippen LogP contribution >= 0.6 is 0 Å². The second kappa shape index (κ2) is 9.87. The number of allylic oxidation sites excluding steroid dienone is 7. The van der Waals surface area contributed by atoms with Crippen molar-refractivity contribution < 1.29 is 14.3 Å². The molecule has 0 heterocycles. The molecule has 0 aromatic heterocycles. The van der Waals surface area contributed by atoms with E-state index in [-0.39, 0.29) is 5.92 Å². The van der Waals surface area contributed by atoms with E-state index < -0.39 is 17.7 Å². The summed E-state index contributed by atoms with van der Waals surface area (Å²) in [6, 6.07) is -0.537. The number of hydrogen-bond donors (Lipinski definition) is 2. The van der Waals surface area contributed by atoms with Gasteiger partial charge in [0.2, 0.25) is 0 Å². The van der Waals surface area contributed by atoms with E-state index in [1.807, 2.05) is 25.2 Å². The van der Waals surface area contributed by atoms with E-state index in [0.717, 1.165) is 18.4 Å². The Morgan fingerprint density at radius 2 is 2.04 bits per heavy atom. The number of hydrogen-bond acceptors (Lipinski definition) is 3. The summed E-state index contributed by atoms with van der Waals surface area (Å²) in [5.74, 6) is 0.227. The summed E-state index contributed by atoms with van der Waals surface area (Å²) in [6.45, 7) is 9.79. The molecule has 0 fully saturated rings. The molecule has 1 aliphatic carbocycles. The van der Waals surface area contributed by atoms with Crippen LogP contribution in [-0.4, -0.2) is 24.3 Å². The number of amides is 3. The number of rotatable bonds is 4. The van der Waals surface area contributed by atoms with E-state index in [1.165, 1.54) is 5.57 Å². The zero-order valence-corrected chi connectivity index (χ0v) is 15.9. The van der Waals surface area contributed by atoms with Crippen LogP contribution in [0.2, 0.25) is 0 Å². The van der Waals surface area contributed by atoms with Gasteiger partial charge in [-0.15, -0.1) is 0 Å². The Hall–Kier alpha value is -2.30. The molecule has 0 aromatic carbocycles. The zero-order valence-electron chi connectivity index (χ0n) is 15.9. The van der Waals surface area contributed by atoms with Crippen molar-refractivity contribution in [1.29, 1.82) is 0 Å². The first kappa shape index (κ1) is 20.7. The lowest BCUT2D eigenvalue weighted by Crippen LogP contribution is -2.43. The van der Waals surface area contributed by atoms with E-state index in [4.69, 9.17) is 4.74 Å². The summed E-state index contributed by atoms with van der Waals surface area (Å²) in [5.41, 5.74) is 1.76. The van der Waals surface area contributed by atoms with Gasteiger partial charge in [-0.3, -0.25) is 0 Å². The van der Waals surface area contributed by atoms with Crippen LogP contribution in [0.5, 0.6) is 0 Å². The summed E-state index contributed by atoms with van der Waals surface area (Å²) in [5, 5.41) is 4.96. The van der Waals surface area contributed by atoms with Crippen molar-refractivity contribution in [2.45, 2.75) is 53.1 Å². The summed E-state index contributed by atoms with van der Waals surface area (Å²) in [7, 11) is 0. The third kappa shape index (κ3) is 8.38. The summed E-state index contributed by atoms with van der Waals surface area (Å²) in [4.78, 5) is 23.5. The Morgan fingerprint density at radius 1 is 1.32 bits per heavy atom. The summed E-state index contributed by atoms with van der Waals surface area (Å²) in [6.07, 6.45) is 13.5. The Labute approximate surface area is 150 Å². The zero-order chi connectivity index (χ0) is 18.9. The first-order chi connectivity index (χ1) is 11.7. The van der Waals surface area contributed by atoms with E-state index in [9.17, 15) is 9.59 Å². The van der Waals surface area contributed by atoms with Crippen LogP contribution in [0.3, 0.4) is 0 Å². The SMILES string of the molecule is CC=C/C=C\C1=C(C)C(CNC(=O)NC(=O)OC(C)(C)C)CCC=C1. The number of ether oxygens (including phenoxy) is 1. The molecule has 0 bridgehead atoms. The van der Waals surface area contributed by atoms with Crippen LogP contribution in [0.1, 0.15) is 47.5 Å². The second-order valence-corrected chi connectivity index (χ2v) is 7.04. The largest absolute Gasteiger partial charge is 0.443 e. The lowest BCUT2D eigenvalue weighted by Gasteiger charge is -2.20. The molecule has 3 amide bonds. The number of urea groups is 1. The minimum atomic E-state index is -0.741. The molecule has 0 spiro atoms. The highest BCUT2D eigenvalue weighted by Gasteiger charge is 2.19. The van der Waals surface area contributed by atoms with Gasteiger partial charge in [0.25, 0.3) is 0 Å². The minimum absolute atomic E-state index is 0.227. The third-order valence-electron chi connectivity index (χ3n) is 3.75. The van der Waals surface area contributed by atoms with Gasteiger partial charge in [-0.1, -0.05) is 42.0 Å². The molecule has 0 aromatic rings. The third-order valence-corrected chi connectivity index (χ3v) is 3.75. The first-order valence-electron chi connectivity index (χ1n) is 8.67. The molecule has 25 heavy (non-hydrogen) atoms. The molecule has 0 saturated carbocycles. The molecule has 1 rings (SSSR count). The maximum absolute atomic E-state index is 11.9. The van der Waals surface area contributed by atoms with Crippen molar-refractivity contribution in [2.75, 3.05) is 6.54 Å². The normalized spacial score (nSPS) is 18.5. The predicted molar refractivity (Wildman–Crippen MR) is 101 cm³/mol. The lowest BCUT2D eigenvalue weighted by molar-refractivity contribution is 0.0547. The van der Waals surface area contributed by atoms with E-state index in [0.29, 0.717) is 6.54 Å². The quantitative estimate of drug-likeness (QED) is 0.729. The second-order valence-electron chi connectivity index (χ2n) is 7.04. The average molecular weight is 346 g/mol. The lowest BCUT2D eigenvalue weighted by atomic mass is 9.93. The van der Waals surface area contributed by atoms with Crippen LogP contribution < -0.4 is 10.6 Å². The highest BCUT2D eigenvalue weighted by molar-refractivity contribution is 5.90. The van der Waals surface area contributed by atoms with Crippen molar-refractivity contribution in [3.8, 4) is 0 Å². The van der Waals surface area contributed by atoms with Gasteiger partial charge in [0, 0.05) is 6.54 Å². The van der Waals surface area contributed by atoms with E-state index >= 15 is 0 Å². The molecule has 5 nitrogen and oxygen atoms in total. The van der Waals surface area contributed by atoms with Gasteiger partial charge < -0.3 is 10.1 Å². The summed E-state index contributed by atoms with van der Waals surface area (Å²) < 4.78 is 5.07. The number of alkyl carbamates (subject to hydrolysis) is 1. The van der Waals surface area contributed by atoms with Crippen LogP contribution in [0, 0.1) is 5.92 Å². The fraction of sp³-hybridized carbons (Fsp3) is 0.500. The molecule has 1 atom stereocenters.